The molecule has 12 nitrogen and oxygen atoms in total. The van der Waals surface area contributed by atoms with Gasteiger partial charge in [-0.15, -0.1) is 0 Å². The number of aliphatic hydroxyl groups is 4. The van der Waals surface area contributed by atoms with E-state index >= 15 is 0 Å². The highest BCUT2D eigenvalue weighted by molar-refractivity contribution is 6.24. The fourth-order valence-electron chi connectivity index (χ4n) is 5.67. The topological polar surface area (TPSA) is 208 Å². The number of phenolic OH excluding ortho intramolecular Hbond substituents is 1. The van der Waals surface area contributed by atoms with Crippen LogP contribution < -0.4 is 5.73 Å². The van der Waals surface area contributed by atoms with E-state index in [1.54, 1.807) is 0 Å². The number of rotatable bonds is 3. The van der Waals surface area contributed by atoms with Crippen LogP contribution in [0.3, 0.4) is 0 Å². The van der Waals surface area contributed by atoms with E-state index in [2.05, 4.69) is 0 Å². The van der Waals surface area contributed by atoms with Crippen LogP contribution in [0.4, 0.5) is 0 Å². The second-order valence-corrected chi connectivity index (χ2v) is 9.00. The summed E-state index contributed by atoms with van der Waals surface area (Å²) in [5.41, 5.74) is 0.238. The van der Waals surface area contributed by atoms with Gasteiger partial charge in [0.05, 0.1) is 36.7 Å². The largest absolute Gasteiger partial charge is 0.508 e. The lowest BCUT2D eigenvalue weighted by molar-refractivity contribution is -0.171. The smallest absolute Gasteiger partial charge is 0.313 e. The minimum Gasteiger partial charge on any atom is -0.508 e. The molecule has 4 rings (SSSR count). The van der Waals surface area contributed by atoms with Crippen molar-refractivity contribution >= 4 is 29.2 Å². The Bertz CT molecular complexity index is 1250. The van der Waals surface area contributed by atoms with Crippen molar-refractivity contribution < 1.29 is 49.4 Å². The Balaban J connectivity index is 2.11. The Morgan fingerprint density at radius 1 is 1.14 bits per heavy atom. The number of methoxy groups -OCH3 is 1. The third kappa shape index (κ3) is 2.97. The van der Waals surface area contributed by atoms with Crippen molar-refractivity contribution in [2.24, 2.45) is 17.6 Å². The molecule has 3 aliphatic carbocycles. The lowest BCUT2D eigenvalue weighted by Gasteiger charge is -2.53. The van der Waals surface area contributed by atoms with Gasteiger partial charge in [-0.1, -0.05) is 12.1 Å². The number of carbonyl (C=O) groups is 4. The first-order chi connectivity index (χ1) is 16.3. The van der Waals surface area contributed by atoms with Gasteiger partial charge in [0, 0.05) is 11.5 Å². The molecule has 0 saturated heterocycles. The van der Waals surface area contributed by atoms with Crippen LogP contribution in [0, 0.1) is 11.8 Å². The number of ether oxygens (including phenoxy) is 1. The maximum absolute atomic E-state index is 13.8. The van der Waals surface area contributed by atoms with E-state index in [-0.39, 0.29) is 11.1 Å². The van der Waals surface area contributed by atoms with E-state index in [1.165, 1.54) is 37.2 Å². The number of phenols is 1. The van der Waals surface area contributed by atoms with Crippen LogP contribution >= 0.6 is 0 Å². The maximum atomic E-state index is 13.8. The minimum absolute atomic E-state index is 0.0431. The van der Waals surface area contributed by atoms with E-state index < -0.39 is 87.4 Å². The molecule has 1 saturated carbocycles. The standard InChI is InChI=1S/C23H24N2O10/c1-25(2)15-14-17(28)11-10(22(33)35-3)7-5-4-6-8(26)9(7)16(27)12(11)19(30)23(14,34)20(31)13(18(15)29)21(24)32/h4-6,10-11,14-15,17,26-28,31,34H,1-3H3,(H2,24,32)/t10-,11-,14-,15+,17+,23+/m1/s1. The SMILES string of the molecule is COC(=O)[C@@H]1c2cccc(O)c2C(O)=C2C(=O)[C@]3(O)C(O)=C(C(N)=O)C(=O)[C@@H](N(C)C)[C@@H]3[C@@H](O)[C@@H]21. The molecule has 7 N–H and O–H groups in total. The molecule has 0 bridgehead atoms. The Labute approximate surface area is 198 Å². The van der Waals surface area contributed by atoms with Crippen LogP contribution in [0.1, 0.15) is 17.0 Å². The predicted molar refractivity (Wildman–Crippen MR) is 117 cm³/mol. The van der Waals surface area contributed by atoms with E-state index in [1.807, 2.05) is 0 Å². The summed E-state index contributed by atoms with van der Waals surface area (Å²) in [5, 5.41) is 55.4. The van der Waals surface area contributed by atoms with Crippen LogP contribution in [0.25, 0.3) is 5.76 Å². The van der Waals surface area contributed by atoms with Crippen molar-refractivity contribution in [2.75, 3.05) is 21.2 Å². The van der Waals surface area contributed by atoms with Crippen LogP contribution in [-0.2, 0) is 23.9 Å². The van der Waals surface area contributed by atoms with E-state index in [9.17, 15) is 44.7 Å². The molecule has 1 fully saturated rings. The number of primary amides is 1. The third-order valence-electron chi connectivity index (χ3n) is 7.11. The first kappa shape index (κ1) is 24.4. The fourth-order valence-corrected chi connectivity index (χ4v) is 5.67. The first-order valence-electron chi connectivity index (χ1n) is 10.5. The quantitative estimate of drug-likeness (QED) is 0.216. The average Bonchev–Trinajstić information content (AvgIpc) is 2.78. The van der Waals surface area contributed by atoms with Gasteiger partial charge in [0.25, 0.3) is 5.91 Å². The number of likely N-dealkylation sites (N-methyl/N-ethyl adjacent to an activating group) is 1. The molecule has 1 aromatic carbocycles. The van der Waals surface area contributed by atoms with Crippen molar-refractivity contribution in [3.63, 3.8) is 0 Å². The Morgan fingerprint density at radius 3 is 2.31 bits per heavy atom. The van der Waals surface area contributed by atoms with Crippen molar-refractivity contribution in [3.05, 3.63) is 46.2 Å². The second kappa shape index (κ2) is 7.90. The summed E-state index contributed by atoms with van der Waals surface area (Å²) in [6.45, 7) is 0. The number of fused-ring (bicyclic) bond motifs is 3. The molecule has 0 aromatic heterocycles. The van der Waals surface area contributed by atoms with Crippen molar-refractivity contribution in [1.82, 2.24) is 4.90 Å². The second-order valence-electron chi connectivity index (χ2n) is 9.00. The van der Waals surface area contributed by atoms with Crippen LogP contribution in [0.15, 0.2) is 35.1 Å². The summed E-state index contributed by atoms with van der Waals surface area (Å²) >= 11 is 0. The maximum Gasteiger partial charge on any atom is 0.313 e. The number of amides is 1. The molecule has 0 spiro atoms. The Hall–Kier alpha value is -3.74. The number of aromatic hydroxyl groups is 1. The Morgan fingerprint density at radius 2 is 1.77 bits per heavy atom. The zero-order valence-corrected chi connectivity index (χ0v) is 18.9. The summed E-state index contributed by atoms with van der Waals surface area (Å²) < 4.78 is 4.87. The summed E-state index contributed by atoms with van der Waals surface area (Å²) in [6, 6.07) is 2.44. The number of hydrogen-bond donors (Lipinski definition) is 6. The molecule has 0 heterocycles. The molecule has 0 radical (unpaired) electrons. The normalized spacial score (nSPS) is 32.2. The molecule has 0 unspecified atom stereocenters. The van der Waals surface area contributed by atoms with Gasteiger partial charge >= 0.3 is 5.97 Å². The summed E-state index contributed by atoms with van der Waals surface area (Å²) in [6.07, 6.45) is -1.90. The number of nitrogens with two attached hydrogens (primary N) is 1. The molecule has 35 heavy (non-hydrogen) atoms. The third-order valence-corrected chi connectivity index (χ3v) is 7.11. The van der Waals surface area contributed by atoms with E-state index in [0.717, 1.165) is 7.11 Å². The molecule has 6 atom stereocenters. The highest BCUT2D eigenvalue weighted by Crippen LogP contribution is 2.56. The van der Waals surface area contributed by atoms with Crippen LogP contribution in [-0.4, -0.2) is 92.8 Å². The minimum atomic E-state index is -3.06. The van der Waals surface area contributed by atoms with Gasteiger partial charge in [0.15, 0.2) is 11.4 Å². The number of benzene rings is 1. The average molecular weight is 488 g/mol. The number of Topliss-reactive ketones (excluding diaryl/α,β-unsaturated/α-hetero) is 2. The molecule has 3 aliphatic rings. The summed E-state index contributed by atoms with van der Waals surface area (Å²) in [4.78, 5) is 53.1. The van der Waals surface area contributed by atoms with Gasteiger partial charge in [-0.3, -0.25) is 24.1 Å². The van der Waals surface area contributed by atoms with Gasteiger partial charge in [-0.05, 0) is 25.7 Å². The van der Waals surface area contributed by atoms with E-state index in [0.29, 0.717) is 0 Å². The number of esters is 1. The number of hydrogen-bond acceptors (Lipinski definition) is 11. The summed E-state index contributed by atoms with van der Waals surface area (Å²) in [5.74, 6) is -12.2. The molecule has 12 heteroatoms. The zero-order valence-electron chi connectivity index (χ0n) is 18.9. The molecule has 1 amide bonds. The van der Waals surface area contributed by atoms with Crippen LogP contribution in [0.2, 0.25) is 0 Å². The molecular formula is C23H24N2O10. The number of carbonyl (C=O) groups excluding carboxylic acids is 4. The monoisotopic (exact) mass is 488 g/mol. The zero-order chi connectivity index (χ0) is 26.1. The van der Waals surface area contributed by atoms with Gasteiger partial charge in [0.1, 0.15) is 22.8 Å². The number of ketones is 2. The van der Waals surface area contributed by atoms with Crippen molar-refractivity contribution in [2.45, 2.75) is 23.7 Å². The molecule has 1 aromatic rings. The lowest BCUT2D eigenvalue weighted by Crippen LogP contribution is -2.70. The fraction of sp³-hybridized carbons (Fsp3) is 0.391. The van der Waals surface area contributed by atoms with Crippen molar-refractivity contribution in [1.29, 1.82) is 0 Å². The van der Waals surface area contributed by atoms with Gasteiger partial charge in [-0.2, -0.15) is 0 Å². The van der Waals surface area contributed by atoms with E-state index in [4.69, 9.17) is 10.5 Å². The van der Waals surface area contributed by atoms with Gasteiger partial charge in [-0.25, -0.2) is 0 Å². The number of aliphatic hydroxyl groups excluding tert-OH is 3. The predicted octanol–water partition coefficient (Wildman–Crippen LogP) is -1.35. The highest BCUT2D eigenvalue weighted by Gasteiger charge is 2.69. The Kier molecular flexibility index (Phi) is 5.51. The molecular weight excluding hydrogens is 464 g/mol. The summed E-state index contributed by atoms with van der Waals surface area (Å²) in [7, 11) is 3.84. The first-order valence-corrected chi connectivity index (χ1v) is 10.5. The highest BCUT2D eigenvalue weighted by atomic mass is 16.5. The lowest BCUT2D eigenvalue weighted by atomic mass is 9.54. The number of nitrogens with zero attached hydrogens (tertiary/aromatic N) is 1. The molecule has 0 aliphatic heterocycles. The molecule has 186 valence electrons. The van der Waals surface area contributed by atoms with Gasteiger partial charge < -0.3 is 36.0 Å². The van der Waals surface area contributed by atoms with Crippen LogP contribution in [0.5, 0.6) is 5.75 Å². The van der Waals surface area contributed by atoms with Gasteiger partial charge in [0.2, 0.25) is 5.78 Å². The van der Waals surface area contributed by atoms with Crippen molar-refractivity contribution in [3.8, 4) is 5.75 Å².